The fourth-order valence-electron chi connectivity index (χ4n) is 1.06. The average Bonchev–Trinajstić information content (AvgIpc) is 2.27. The summed E-state index contributed by atoms with van der Waals surface area (Å²) in [7, 11) is 5.25. The summed E-state index contributed by atoms with van der Waals surface area (Å²) in [5, 5.41) is 14.0. The van der Waals surface area contributed by atoms with Gasteiger partial charge in [0, 0.05) is 28.4 Å². The standard InChI is InChI=1S/C6H12.C2H6O.2CH4O/c1-2-4-6-5-3-1;1-3-2;2*1-2/h1-6H2;1-2H3;2*2H,1H3. The summed E-state index contributed by atoms with van der Waals surface area (Å²) in [4.78, 5) is 0. The van der Waals surface area contributed by atoms with Crippen molar-refractivity contribution in [3.8, 4) is 0 Å². The van der Waals surface area contributed by atoms with Crippen LogP contribution in [0.1, 0.15) is 38.5 Å². The van der Waals surface area contributed by atoms with Crippen LogP contribution in [-0.4, -0.2) is 38.7 Å². The summed E-state index contributed by atoms with van der Waals surface area (Å²) in [5.74, 6) is 0. The average molecular weight is 194 g/mol. The van der Waals surface area contributed by atoms with E-state index in [1.165, 1.54) is 38.5 Å². The molecule has 0 bridgehead atoms. The maximum Gasteiger partial charge on any atom is 0.0351 e. The van der Waals surface area contributed by atoms with Gasteiger partial charge in [-0.2, -0.15) is 0 Å². The van der Waals surface area contributed by atoms with E-state index in [-0.39, 0.29) is 0 Å². The number of hydrogen-bond donors (Lipinski definition) is 2. The first-order valence-corrected chi connectivity index (χ1v) is 4.71. The van der Waals surface area contributed by atoms with Crippen molar-refractivity contribution in [2.45, 2.75) is 38.5 Å². The molecular formula is C10H26O3. The van der Waals surface area contributed by atoms with Crippen LogP contribution < -0.4 is 0 Å². The van der Waals surface area contributed by atoms with Gasteiger partial charge in [-0.15, -0.1) is 0 Å². The zero-order valence-electron chi connectivity index (χ0n) is 9.55. The van der Waals surface area contributed by atoms with Gasteiger partial charge in [0.25, 0.3) is 0 Å². The topological polar surface area (TPSA) is 49.7 Å². The van der Waals surface area contributed by atoms with Crippen LogP contribution in [-0.2, 0) is 4.74 Å². The van der Waals surface area contributed by atoms with Crippen molar-refractivity contribution >= 4 is 0 Å². The van der Waals surface area contributed by atoms with E-state index < -0.39 is 0 Å². The summed E-state index contributed by atoms with van der Waals surface area (Å²) in [6, 6.07) is 0. The lowest BCUT2D eigenvalue weighted by atomic mass is 10.0. The SMILES string of the molecule is C1CCCCC1.CO.CO.COC. The second-order valence-corrected chi connectivity index (χ2v) is 2.53. The highest BCUT2D eigenvalue weighted by Gasteiger charge is 1.95. The van der Waals surface area contributed by atoms with E-state index in [4.69, 9.17) is 10.2 Å². The van der Waals surface area contributed by atoms with E-state index in [1.54, 1.807) is 14.2 Å². The van der Waals surface area contributed by atoms with Crippen molar-refractivity contribution in [3.63, 3.8) is 0 Å². The number of aliphatic hydroxyl groups excluding tert-OH is 2. The van der Waals surface area contributed by atoms with Gasteiger partial charge in [0.1, 0.15) is 0 Å². The van der Waals surface area contributed by atoms with Crippen LogP contribution in [0.5, 0.6) is 0 Å². The van der Waals surface area contributed by atoms with Crippen LogP contribution >= 0.6 is 0 Å². The summed E-state index contributed by atoms with van der Waals surface area (Å²) in [5.41, 5.74) is 0. The van der Waals surface area contributed by atoms with Crippen molar-refractivity contribution < 1.29 is 14.9 Å². The van der Waals surface area contributed by atoms with E-state index in [1.807, 2.05) is 0 Å². The smallest absolute Gasteiger partial charge is 0.0351 e. The molecule has 0 unspecified atom stereocenters. The fourth-order valence-corrected chi connectivity index (χ4v) is 1.06. The minimum absolute atomic E-state index is 1.00. The summed E-state index contributed by atoms with van der Waals surface area (Å²) < 4.78 is 4.25. The molecule has 2 N–H and O–H groups in total. The van der Waals surface area contributed by atoms with Crippen LogP contribution in [0.15, 0.2) is 0 Å². The third kappa shape index (κ3) is 33.5. The maximum atomic E-state index is 7.00. The highest BCUT2D eigenvalue weighted by molar-refractivity contribution is 4.51. The Morgan fingerprint density at radius 3 is 0.769 bits per heavy atom. The normalized spacial score (nSPS) is 13.4. The highest BCUT2D eigenvalue weighted by atomic mass is 16.4. The molecule has 0 amide bonds. The van der Waals surface area contributed by atoms with Crippen LogP contribution in [0.4, 0.5) is 0 Å². The van der Waals surface area contributed by atoms with Crippen LogP contribution in [0.3, 0.4) is 0 Å². The molecule has 1 aliphatic rings. The molecule has 84 valence electrons. The zero-order valence-corrected chi connectivity index (χ0v) is 9.55. The van der Waals surface area contributed by atoms with E-state index in [9.17, 15) is 0 Å². The Labute approximate surface area is 82.7 Å². The van der Waals surface area contributed by atoms with Gasteiger partial charge in [0.2, 0.25) is 0 Å². The maximum absolute atomic E-state index is 7.00. The first kappa shape index (κ1) is 18.6. The quantitative estimate of drug-likeness (QED) is 0.618. The highest BCUT2D eigenvalue weighted by Crippen LogP contribution is 2.15. The molecule has 0 radical (unpaired) electrons. The second-order valence-electron chi connectivity index (χ2n) is 2.53. The van der Waals surface area contributed by atoms with Gasteiger partial charge in [-0.1, -0.05) is 38.5 Å². The Morgan fingerprint density at radius 1 is 0.615 bits per heavy atom. The van der Waals surface area contributed by atoms with Crippen molar-refractivity contribution in [1.82, 2.24) is 0 Å². The van der Waals surface area contributed by atoms with E-state index in [0.29, 0.717) is 0 Å². The van der Waals surface area contributed by atoms with Crippen LogP contribution in [0, 0.1) is 0 Å². The number of ether oxygens (including phenoxy) is 1. The van der Waals surface area contributed by atoms with Gasteiger partial charge in [-0.3, -0.25) is 0 Å². The minimum Gasteiger partial charge on any atom is -0.400 e. The molecule has 3 nitrogen and oxygen atoms in total. The van der Waals surface area contributed by atoms with Gasteiger partial charge >= 0.3 is 0 Å². The number of hydrogen-bond acceptors (Lipinski definition) is 3. The Hall–Kier alpha value is -0.120. The van der Waals surface area contributed by atoms with Crippen LogP contribution in [0.2, 0.25) is 0 Å². The molecule has 1 saturated carbocycles. The largest absolute Gasteiger partial charge is 0.400 e. The molecule has 0 aromatic heterocycles. The fraction of sp³-hybridized carbons (Fsp3) is 1.00. The number of aliphatic hydroxyl groups is 2. The van der Waals surface area contributed by atoms with E-state index in [2.05, 4.69) is 4.74 Å². The van der Waals surface area contributed by atoms with Gasteiger partial charge in [-0.25, -0.2) is 0 Å². The molecule has 0 heterocycles. The van der Waals surface area contributed by atoms with Crippen molar-refractivity contribution in [3.05, 3.63) is 0 Å². The molecule has 0 aromatic carbocycles. The van der Waals surface area contributed by atoms with Crippen LogP contribution in [0.25, 0.3) is 0 Å². The Kier molecular flexibility index (Phi) is 42.6. The first-order chi connectivity index (χ1) is 6.41. The van der Waals surface area contributed by atoms with E-state index in [0.717, 1.165) is 14.2 Å². The molecule has 13 heavy (non-hydrogen) atoms. The molecule has 0 aromatic rings. The molecule has 0 aliphatic heterocycles. The second kappa shape index (κ2) is 29.7. The number of rotatable bonds is 0. The lowest BCUT2D eigenvalue weighted by Crippen LogP contribution is -1.85. The first-order valence-electron chi connectivity index (χ1n) is 4.71. The van der Waals surface area contributed by atoms with Gasteiger partial charge in [0.05, 0.1) is 0 Å². The summed E-state index contributed by atoms with van der Waals surface area (Å²) >= 11 is 0. The molecule has 1 fully saturated rings. The van der Waals surface area contributed by atoms with Crippen molar-refractivity contribution in [1.29, 1.82) is 0 Å². The Balaban J connectivity index is -0.000000124. The molecule has 1 rings (SSSR count). The predicted molar refractivity (Wildman–Crippen MR) is 56.9 cm³/mol. The summed E-state index contributed by atoms with van der Waals surface area (Å²) in [6.07, 6.45) is 9.00. The van der Waals surface area contributed by atoms with Gasteiger partial charge in [-0.05, 0) is 0 Å². The molecule has 0 spiro atoms. The number of methoxy groups -OCH3 is 1. The Morgan fingerprint density at radius 2 is 0.692 bits per heavy atom. The van der Waals surface area contributed by atoms with Crippen molar-refractivity contribution in [2.75, 3.05) is 28.4 Å². The third-order valence-electron chi connectivity index (χ3n) is 1.50. The molecule has 0 atom stereocenters. The third-order valence-corrected chi connectivity index (χ3v) is 1.50. The Bertz CT molecular complexity index is 33.9. The minimum atomic E-state index is 1.00. The molecule has 3 heteroatoms. The lowest BCUT2D eigenvalue weighted by Gasteiger charge is -2.05. The van der Waals surface area contributed by atoms with Gasteiger partial charge in [0.15, 0.2) is 0 Å². The van der Waals surface area contributed by atoms with Crippen molar-refractivity contribution in [2.24, 2.45) is 0 Å². The van der Waals surface area contributed by atoms with E-state index >= 15 is 0 Å². The molecule has 0 saturated heterocycles. The summed E-state index contributed by atoms with van der Waals surface area (Å²) in [6.45, 7) is 0. The zero-order chi connectivity index (χ0) is 10.9. The van der Waals surface area contributed by atoms with Gasteiger partial charge < -0.3 is 14.9 Å². The molecular weight excluding hydrogens is 168 g/mol. The monoisotopic (exact) mass is 194 g/mol. The lowest BCUT2D eigenvalue weighted by molar-refractivity contribution is 0.277. The predicted octanol–water partition coefficient (Wildman–Crippen LogP) is 1.82. The molecule has 1 aliphatic carbocycles.